The van der Waals surface area contributed by atoms with Crippen LogP contribution in [0.2, 0.25) is 0 Å². The van der Waals surface area contributed by atoms with Crippen molar-refractivity contribution in [1.82, 2.24) is 19.5 Å². The van der Waals surface area contributed by atoms with Gasteiger partial charge in [0.2, 0.25) is 4.96 Å². The smallest absolute Gasteiger partial charge is 0.278 e. The molecule has 0 radical (unpaired) electrons. The third kappa shape index (κ3) is 1.82. The largest absolute Gasteiger partial charge is 0.296 e. The van der Waals surface area contributed by atoms with Crippen molar-refractivity contribution in [2.75, 3.05) is 6.54 Å². The third-order valence-electron chi connectivity index (χ3n) is 3.35. The molecule has 2 aromatic heterocycles. The maximum Gasteiger partial charge on any atom is 0.278 e. The molecule has 0 aromatic carbocycles. The van der Waals surface area contributed by atoms with Gasteiger partial charge in [0.05, 0.1) is 11.3 Å². The fraction of sp³-hybridized carbons (Fsp3) is 0.545. The SMILES string of the molecule is CC(C)N1CCc2nc3sc(=S)[nH]n3c(=O)c2C1. The van der Waals surface area contributed by atoms with Crippen LogP contribution >= 0.6 is 23.6 Å². The molecule has 0 bridgehead atoms. The zero-order valence-corrected chi connectivity index (χ0v) is 11.9. The Morgan fingerprint density at radius 1 is 1.50 bits per heavy atom. The Balaban J connectivity index is 2.19. The van der Waals surface area contributed by atoms with Gasteiger partial charge >= 0.3 is 0 Å². The Morgan fingerprint density at radius 3 is 3.00 bits per heavy atom. The first-order valence-electron chi connectivity index (χ1n) is 5.94. The van der Waals surface area contributed by atoms with Gasteiger partial charge in [0, 0.05) is 25.6 Å². The van der Waals surface area contributed by atoms with Crippen LogP contribution in [0.1, 0.15) is 25.1 Å². The molecule has 0 fully saturated rings. The van der Waals surface area contributed by atoms with Crippen LogP contribution in [0.25, 0.3) is 4.96 Å². The molecule has 1 aliphatic heterocycles. The second-order valence-corrected chi connectivity index (χ2v) is 6.42. The molecule has 0 amide bonds. The van der Waals surface area contributed by atoms with Gasteiger partial charge in [-0.25, -0.2) is 4.98 Å². The van der Waals surface area contributed by atoms with E-state index in [9.17, 15) is 4.79 Å². The summed E-state index contributed by atoms with van der Waals surface area (Å²) in [7, 11) is 0. The van der Waals surface area contributed by atoms with Gasteiger partial charge in [0.15, 0.2) is 3.95 Å². The van der Waals surface area contributed by atoms with E-state index in [0.29, 0.717) is 21.5 Å². The third-order valence-corrected chi connectivity index (χ3v) is 4.42. The van der Waals surface area contributed by atoms with E-state index < -0.39 is 0 Å². The summed E-state index contributed by atoms with van der Waals surface area (Å²) in [6.07, 6.45) is 0.837. The van der Waals surface area contributed by atoms with Gasteiger partial charge in [-0.3, -0.25) is 14.8 Å². The molecule has 0 atom stereocenters. The van der Waals surface area contributed by atoms with E-state index in [0.717, 1.165) is 24.2 Å². The van der Waals surface area contributed by atoms with Crippen molar-refractivity contribution < 1.29 is 0 Å². The normalized spacial score (nSPS) is 16.4. The molecule has 2 aromatic rings. The Kier molecular flexibility index (Phi) is 2.84. The van der Waals surface area contributed by atoms with Crippen molar-refractivity contribution in [2.24, 2.45) is 0 Å². The first-order chi connectivity index (χ1) is 8.56. The van der Waals surface area contributed by atoms with Crippen molar-refractivity contribution in [1.29, 1.82) is 0 Å². The number of hydrogen-bond acceptors (Lipinski definition) is 5. The predicted molar refractivity (Wildman–Crippen MR) is 73.8 cm³/mol. The lowest BCUT2D eigenvalue weighted by molar-refractivity contribution is 0.200. The van der Waals surface area contributed by atoms with E-state index in [1.807, 2.05) is 0 Å². The van der Waals surface area contributed by atoms with Crippen molar-refractivity contribution in [3.8, 4) is 0 Å². The van der Waals surface area contributed by atoms with E-state index in [1.54, 1.807) is 0 Å². The standard InChI is InChI=1S/C11H14N4OS2/c1-6(2)14-4-3-8-7(5-14)9(16)15-10(12-8)18-11(17)13-15/h6H,3-5H2,1-2H3,(H,13,17). The van der Waals surface area contributed by atoms with Crippen molar-refractivity contribution in [3.63, 3.8) is 0 Å². The van der Waals surface area contributed by atoms with Crippen LogP contribution in [0.5, 0.6) is 0 Å². The minimum Gasteiger partial charge on any atom is -0.296 e. The molecule has 0 spiro atoms. The van der Waals surface area contributed by atoms with Crippen LogP contribution in [0.15, 0.2) is 4.79 Å². The second-order valence-electron chi connectivity index (χ2n) is 4.78. The average Bonchev–Trinajstić information content (AvgIpc) is 2.70. The minimum atomic E-state index is -0.00676. The first kappa shape index (κ1) is 12.0. The molecule has 0 unspecified atom stereocenters. The number of aromatic amines is 1. The number of hydrogen-bond donors (Lipinski definition) is 1. The van der Waals surface area contributed by atoms with Gasteiger partial charge < -0.3 is 0 Å². The molecule has 3 rings (SSSR count). The predicted octanol–water partition coefficient (Wildman–Crippen LogP) is 1.58. The minimum absolute atomic E-state index is 0.00676. The highest BCUT2D eigenvalue weighted by atomic mass is 32.1. The molecule has 3 heterocycles. The van der Waals surface area contributed by atoms with Crippen molar-refractivity contribution >= 4 is 28.5 Å². The number of nitrogens with one attached hydrogen (secondary N) is 1. The summed E-state index contributed by atoms with van der Waals surface area (Å²) in [5.74, 6) is 0. The Hall–Kier alpha value is -1.05. The van der Waals surface area contributed by atoms with E-state index in [4.69, 9.17) is 12.2 Å². The topological polar surface area (TPSA) is 53.4 Å². The molecule has 1 N–H and O–H groups in total. The van der Waals surface area contributed by atoms with Gasteiger partial charge in [0.1, 0.15) is 0 Å². The maximum atomic E-state index is 12.4. The molecule has 1 aliphatic rings. The Labute approximate surface area is 113 Å². The number of fused-ring (bicyclic) bond motifs is 2. The van der Waals surface area contributed by atoms with Crippen LogP contribution in [-0.2, 0) is 13.0 Å². The summed E-state index contributed by atoms with van der Waals surface area (Å²) in [5, 5.41) is 2.88. The zero-order valence-electron chi connectivity index (χ0n) is 10.3. The number of nitrogens with zero attached hydrogens (tertiary/aromatic N) is 3. The van der Waals surface area contributed by atoms with E-state index in [-0.39, 0.29) is 5.56 Å². The summed E-state index contributed by atoms with van der Waals surface area (Å²) in [6, 6.07) is 0.444. The first-order valence-corrected chi connectivity index (χ1v) is 7.16. The lowest BCUT2D eigenvalue weighted by Gasteiger charge is -2.30. The Bertz CT molecular complexity index is 712. The van der Waals surface area contributed by atoms with E-state index in [2.05, 4.69) is 28.8 Å². The molecular weight excluding hydrogens is 268 g/mol. The number of rotatable bonds is 1. The lowest BCUT2D eigenvalue weighted by Crippen LogP contribution is -2.40. The van der Waals surface area contributed by atoms with Gasteiger partial charge in [-0.2, -0.15) is 4.52 Å². The number of H-pyrrole nitrogens is 1. The van der Waals surface area contributed by atoms with Gasteiger partial charge in [-0.05, 0) is 26.1 Å². The highest BCUT2D eigenvalue weighted by Crippen LogP contribution is 2.18. The van der Waals surface area contributed by atoms with Crippen molar-refractivity contribution in [3.05, 3.63) is 25.6 Å². The average molecular weight is 282 g/mol. The Morgan fingerprint density at radius 2 is 2.28 bits per heavy atom. The van der Waals surface area contributed by atoms with Crippen LogP contribution in [-0.4, -0.2) is 32.1 Å². The van der Waals surface area contributed by atoms with Gasteiger partial charge in [-0.15, -0.1) is 0 Å². The quantitative estimate of drug-likeness (QED) is 0.807. The molecule has 18 heavy (non-hydrogen) atoms. The van der Waals surface area contributed by atoms with Crippen LogP contribution in [0, 0.1) is 3.95 Å². The molecule has 0 saturated heterocycles. The summed E-state index contributed by atoms with van der Waals surface area (Å²) in [4.78, 5) is 19.9. The molecule has 7 heteroatoms. The van der Waals surface area contributed by atoms with Gasteiger partial charge in [-0.1, -0.05) is 11.3 Å². The molecular formula is C11H14N4OS2. The molecule has 96 valence electrons. The highest BCUT2D eigenvalue weighted by Gasteiger charge is 2.23. The second kappa shape index (κ2) is 4.25. The highest BCUT2D eigenvalue weighted by molar-refractivity contribution is 7.73. The summed E-state index contributed by atoms with van der Waals surface area (Å²) >= 11 is 6.41. The maximum absolute atomic E-state index is 12.4. The fourth-order valence-electron chi connectivity index (χ4n) is 2.28. The van der Waals surface area contributed by atoms with Crippen LogP contribution in [0.4, 0.5) is 0 Å². The molecule has 5 nitrogen and oxygen atoms in total. The fourth-order valence-corrected chi connectivity index (χ4v) is 3.27. The van der Waals surface area contributed by atoms with Crippen LogP contribution in [0.3, 0.4) is 0 Å². The molecule has 0 saturated carbocycles. The molecule has 0 aliphatic carbocycles. The summed E-state index contributed by atoms with van der Waals surface area (Å²) in [6.45, 7) is 5.93. The van der Waals surface area contributed by atoms with Gasteiger partial charge in [0.25, 0.3) is 5.56 Å². The van der Waals surface area contributed by atoms with Crippen molar-refractivity contribution in [2.45, 2.75) is 32.9 Å². The monoisotopic (exact) mass is 282 g/mol. The summed E-state index contributed by atoms with van der Waals surface area (Å²) in [5.41, 5.74) is 1.73. The van der Waals surface area contributed by atoms with Crippen LogP contribution < -0.4 is 5.56 Å². The zero-order chi connectivity index (χ0) is 12.9. The lowest BCUT2D eigenvalue weighted by atomic mass is 10.1. The summed E-state index contributed by atoms with van der Waals surface area (Å²) < 4.78 is 2.05. The number of aromatic nitrogens is 3. The van der Waals surface area contributed by atoms with E-state index >= 15 is 0 Å². The van der Waals surface area contributed by atoms with E-state index in [1.165, 1.54) is 15.9 Å².